The fourth-order valence-corrected chi connectivity index (χ4v) is 4.30. The average Bonchev–Trinajstić information content (AvgIpc) is 2.80. The van der Waals surface area contributed by atoms with Crippen LogP contribution in [-0.2, 0) is 13.1 Å². The number of fused-ring (bicyclic) bond motifs is 2. The monoisotopic (exact) mass is 413 g/mol. The van der Waals surface area contributed by atoms with Gasteiger partial charge in [0.2, 0.25) is 0 Å². The van der Waals surface area contributed by atoms with E-state index in [0.29, 0.717) is 12.3 Å². The van der Waals surface area contributed by atoms with Crippen molar-refractivity contribution in [2.45, 2.75) is 20.0 Å². The molecule has 0 saturated carbocycles. The Morgan fingerprint density at radius 1 is 1.03 bits per heavy atom. The molecule has 0 spiro atoms. The molecule has 0 unspecified atom stereocenters. The number of hydrogen-bond acceptors (Lipinski definition) is 5. The maximum atomic E-state index is 12.3. The quantitative estimate of drug-likeness (QED) is 0.434. The summed E-state index contributed by atoms with van der Waals surface area (Å²) in [6, 6.07) is 21.6. The number of methoxy groups -OCH3 is 1. The first kappa shape index (κ1) is 19.4. The molecule has 1 aliphatic heterocycles. The second-order valence-corrected chi connectivity index (χ2v) is 7.78. The highest BCUT2D eigenvalue weighted by Crippen LogP contribution is 2.38. The van der Waals surface area contributed by atoms with Gasteiger partial charge in [0.05, 0.1) is 7.11 Å². The Balaban J connectivity index is 1.57. The molecule has 2 heterocycles. The van der Waals surface area contributed by atoms with Gasteiger partial charge in [-0.15, -0.1) is 0 Å². The molecule has 1 aromatic heterocycles. The van der Waals surface area contributed by atoms with Crippen molar-refractivity contribution in [3.63, 3.8) is 0 Å². The van der Waals surface area contributed by atoms with Crippen LogP contribution in [0.5, 0.6) is 11.5 Å². The standard InChI is InChI=1S/C26H23NO4/c1-17-25-20(15-27(16-30-25)14-19-10-6-7-11-23(19)29-2)12-22-21(13-24(28)31-26(17)22)18-8-4-3-5-9-18/h3-13H,14-16H2,1-2H3. The minimum atomic E-state index is -0.358. The third-order valence-electron chi connectivity index (χ3n) is 5.75. The lowest BCUT2D eigenvalue weighted by atomic mass is 9.97. The molecule has 0 aliphatic carbocycles. The molecule has 156 valence electrons. The Morgan fingerprint density at radius 3 is 2.61 bits per heavy atom. The van der Waals surface area contributed by atoms with Crippen LogP contribution in [-0.4, -0.2) is 18.7 Å². The Bertz CT molecular complexity index is 1310. The topological polar surface area (TPSA) is 51.9 Å². The molecule has 0 N–H and O–H groups in total. The molecule has 0 bridgehead atoms. The lowest BCUT2D eigenvalue weighted by molar-refractivity contribution is 0.0874. The van der Waals surface area contributed by atoms with Gasteiger partial charge >= 0.3 is 5.63 Å². The van der Waals surface area contributed by atoms with Crippen LogP contribution in [0.1, 0.15) is 16.7 Å². The van der Waals surface area contributed by atoms with Crippen LogP contribution in [0.15, 0.2) is 75.9 Å². The summed E-state index contributed by atoms with van der Waals surface area (Å²) in [6.45, 7) is 3.86. The zero-order valence-corrected chi connectivity index (χ0v) is 17.6. The van der Waals surface area contributed by atoms with Gasteiger partial charge in [-0.25, -0.2) is 4.79 Å². The maximum absolute atomic E-state index is 12.3. The van der Waals surface area contributed by atoms with Crippen molar-refractivity contribution in [3.8, 4) is 22.6 Å². The van der Waals surface area contributed by atoms with Crippen LogP contribution >= 0.6 is 0 Å². The lowest BCUT2D eigenvalue weighted by Gasteiger charge is -2.30. The van der Waals surface area contributed by atoms with Gasteiger partial charge in [0, 0.05) is 41.2 Å². The number of hydrogen-bond donors (Lipinski definition) is 0. The summed E-state index contributed by atoms with van der Waals surface area (Å²) in [5, 5.41) is 0.921. The summed E-state index contributed by atoms with van der Waals surface area (Å²) in [7, 11) is 1.69. The smallest absolute Gasteiger partial charge is 0.336 e. The third-order valence-corrected chi connectivity index (χ3v) is 5.75. The van der Waals surface area contributed by atoms with Crippen molar-refractivity contribution < 1.29 is 13.9 Å². The maximum Gasteiger partial charge on any atom is 0.336 e. The number of para-hydroxylation sites is 1. The van der Waals surface area contributed by atoms with E-state index < -0.39 is 0 Å². The predicted octanol–water partition coefficient (Wildman–Crippen LogP) is 5.13. The summed E-state index contributed by atoms with van der Waals surface area (Å²) >= 11 is 0. The van der Waals surface area contributed by atoms with E-state index in [9.17, 15) is 4.79 Å². The van der Waals surface area contributed by atoms with E-state index in [-0.39, 0.29) is 5.63 Å². The zero-order chi connectivity index (χ0) is 21.4. The molecule has 5 nitrogen and oxygen atoms in total. The van der Waals surface area contributed by atoms with Crippen LogP contribution in [0, 0.1) is 6.92 Å². The molecule has 0 atom stereocenters. The number of ether oxygens (including phenoxy) is 2. The first-order valence-electron chi connectivity index (χ1n) is 10.3. The summed E-state index contributed by atoms with van der Waals surface area (Å²) in [6.07, 6.45) is 0. The normalized spacial score (nSPS) is 13.6. The summed E-state index contributed by atoms with van der Waals surface area (Å²) in [4.78, 5) is 14.5. The highest BCUT2D eigenvalue weighted by atomic mass is 16.5. The molecule has 0 fully saturated rings. The second kappa shape index (κ2) is 7.93. The van der Waals surface area contributed by atoms with Gasteiger partial charge in [0.15, 0.2) is 0 Å². The fourth-order valence-electron chi connectivity index (χ4n) is 4.30. The van der Waals surface area contributed by atoms with Crippen molar-refractivity contribution in [1.29, 1.82) is 0 Å². The summed E-state index contributed by atoms with van der Waals surface area (Å²) < 4.78 is 17.2. The lowest BCUT2D eigenvalue weighted by Crippen LogP contribution is -2.32. The van der Waals surface area contributed by atoms with E-state index in [4.69, 9.17) is 13.9 Å². The Hall–Kier alpha value is -3.57. The molecular formula is C26H23NO4. The minimum Gasteiger partial charge on any atom is -0.496 e. The second-order valence-electron chi connectivity index (χ2n) is 7.78. The SMILES string of the molecule is COc1ccccc1CN1COc2c(cc3c(-c4ccccc4)cc(=O)oc3c2C)C1. The fraction of sp³-hybridized carbons (Fsp3) is 0.192. The van der Waals surface area contributed by atoms with E-state index in [0.717, 1.165) is 57.8 Å². The van der Waals surface area contributed by atoms with Gasteiger partial charge in [-0.05, 0) is 30.2 Å². The molecule has 0 amide bonds. The van der Waals surface area contributed by atoms with Crippen LogP contribution in [0.2, 0.25) is 0 Å². The Labute approximate surface area is 180 Å². The van der Waals surface area contributed by atoms with E-state index >= 15 is 0 Å². The van der Waals surface area contributed by atoms with E-state index in [1.165, 1.54) is 0 Å². The van der Waals surface area contributed by atoms with Gasteiger partial charge in [0.1, 0.15) is 23.8 Å². The molecule has 0 saturated heterocycles. The third kappa shape index (κ3) is 3.57. The van der Waals surface area contributed by atoms with Crippen LogP contribution in [0.4, 0.5) is 0 Å². The number of rotatable bonds is 4. The van der Waals surface area contributed by atoms with Gasteiger partial charge in [0.25, 0.3) is 0 Å². The molecule has 0 radical (unpaired) electrons. The molecule has 5 heteroatoms. The molecule has 3 aromatic carbocycles. The molecule has 5 rings (SSSR count). The van der Waals surface area contributed by atoms with E-state index in [1.54, 1.807) is 13.2 Å². The van der Waals surface area contributed by atoms with E-state index in [2.05, 4.69) is 17.0 Å². The van der Waals surface area contributed by atoms with Crippen LogP contribution < -0.4 is 15.1 Å². The Morgan fingerprint density at radius 2 is 1.81 bits per heavy atom. The zero-order valence-electron chi connectivity index (χ0n) is 17.6. The van der Waals surface area contributed by atoms with Gasteiger partial charge in [-0.3, -0.25) is 4.90 Å². The summed E-state index contributed by atoms with van der Waals surface area (Å²) in [5.41, 5.74) is 5.15. The first-order valence-corrected chi connectivity index (χ1v) is 10.3. The molecular weight excluding hydrogens is 390 g/mol. The molecule has 31 heavy (non-hydrogen) atoms. The van der Waals surface area contributed by atoms with Gasteiger partial charge in [-0.1, -0.05) is 48.5 Å². The van der Waals surface area contributed by atoms with Crippen molar-refractivity contribution in [3.05, 3.63) is 93.8 Å². The van der Waals surface area contributed by atoms with Crippen molar-refractivity contribution in [2.75, 3.05) is 13.8 Å². The van der Waals surface area contributed by atoms with Crippen molar-refractivity contribution in [2.24, 2.45) is 0 Å². The number of aryl methyl sites for hydroxylation is 1. The molecule has 1 aliphatic rings. The minimum absolute atomic E-state index is 0.358. The van der Waals surface area contributed by atoms with Gasteiger partial charge in [-0.2, -0.15) is 0 Å². The summed E-state index contributed by atoms with van der Waals surface area (Å²) in [5.74, 6) is 1.67. The van der Waals surface area contributed by atoms with E-state index in [1.807, 2.05) is 55.5 Å². The number of nitrogens with zero attached hydrogens (tertiary/aromatic N) is 1. The predicted molar refractivity (Wildman–Crippen MR) is 120 cm³/mol. The first-order chi connectivity index (χ1) is 15.1. The van der Waals surface area contributed by atoms with Gasteiger partial charge < -0.3 is 13.9 Å². The Kier molecular flexibility index (Phi) is 4.96. The number of benzene rings is 3. The van der Waals surface area contributed by atoms with Crippen molar-refractivity contribution >= 4 is 11.0 Å². The van der Waals surface area contributed by atoms with Crippen molar-refractivity contribution in [1.82, 2.24) is 4.90 Å². The highest BCUT2D eigenvalue weighted by Gasteiger charge is 2.24. The largest absolute Gasteiger partial charge is 0.496 e. The van der Waals surface area contributed by atoms with Crippen LogP contribution in [0.25, 0.3) is 22.1 Å². The van der Waals surface area contributed by atoms with Crippen LogP contribution in [0.3, 0.4) is 0 Å². The average molecular weight is 413 g/mol. The highest BCUT2D eigenvalue weighted by molar-refractivity contribution is 5.96. The molecule has 4 aromatic rings.